The first-order valence-electron chi connectivity index (χ1n) is 5.70. The molecule has 1 aromatic rings. The smallest absolute Gasteiger partial charge is 0.273 e. The molecule has 0 N–H and O–H groups in total. The molecule has 0 aliphatic carbocycles. The van der Waals surface area contributed by atoms with Gasteiger partial charge in [-0.3, -0.25) is 4.79 Å². The van der Waals surface area contributed by atoms with Crippen LogP contribution in [0, 0.1) is 5.41 Å². The molecule has 0 aromatic heterocycles. The molecule has 0 spiro atoms. The Morgan fingerprint density at radius 2 is 1.65 bits per heavy atom. The van der Waals surface area contributed by atoms with Gasteiger partial charge in [0.05, 0.1) is 0 Å². The maximum atomic E-state index is 13.8. The van der Waals surface area contributed by atoms with Crippen LogP contribution in [0.2, 0.25) is 0 Å². The SMILES string of the molecule is CC(C)(C)C(=O)CCC(F)(F)c1ccccc1. The van der Waals surface area contributed by atoms with Crippen LogP contribution < -0.4 is 0 Å². The average molecular weight is 240 g/mol. The first-order chi connectivity index (χ1) is 7.73. The highest BCUT2D eigenvalue weighted by atomic mass is 19.3. The molecule has 0 bridgehead atoms. The van der Waals surface area contributed by atoms with Crippen LogP contribution in [0.25, 0.3) is 0 Å². The molecular weight excluding hydrogens is 222 g/mol. The summed E-state index contributed by atoms with van der Waals surface area (Å²) in [7, 11) is 0. The summed E-state index contributed by atoms with van der Waals surface area (Å²) < 4.78 is 27.5. The Morgan fingerprint density at radius 1 is 1.12 bits per heavy atom. The predicted molar refractivity (Wildman–Crippen MR) is 64.0 cm³/mol. The molecule has 0 radical (unpaired) electrons. The largest absolute Gasteiger partial charge is 0.299 e. The Kier molecular flexibility index (Phi) is 4.02. The molecule has 0 fully saturated rings. The summed E-state index contributed by atoms with van der Waals surface area (Å²) in [4.78, 5) is 11.6. The maximum absolute atomic E-state index is 13.8. The van der Waals surface area contributed by atoms with Gasteiger partial charge in [-0.05, 0) is 0 Å². The van der Waals surface area contributed by atoms with Crippen molar-refractivity contribution >= 4 is 5.78 Å². The number of ketones is 1. The monoisotopic (exact) mass is 240 g/mol. The van der Waals surface area contributed by atoms with Gasteiger partial charge in [-0.15, -0.1) is 0 Å². The standard InChI is InChI=1S/C14H18F2O/c1-13(2,3)12(17)9-10-14(15,16)11-7-5-4-6-8-11/h4-8H,9-10H2,1-3H3. The van der Waals surface area contributed by atoms with E-state index in [0.29, 0.717) is 0 Å². The molecule has 0 aliphatic rings. The highest BCUT2D eigenvalue weighted by molar-refractivity contribution is 5.83. The molecule has 1 aromatic carbocycles. The minimum atomic E-state index is -2.93. The second-order valence-electron chi connectivity index (χ2n) is 5.24. The van der Waals surface area contributed by atoms with Crippen LogP contribution >= 0.6 is 0 Å². The molecule has 3 heteroatoms. The maximum Gasteiger partial charge on any atom is 0.273 e. The number of alkyl halides is 2. The van der Waals surface area contributed by atoms with Gasteiger partial charge in [0.2, 0.25) is 0 Å². The molecule has 94 valence electrons. The van der Waals surface area contributed by atoms with E-state index in [-0.39, 0.29) is 17.8 Å². The normalized spacial score (nSPS) is 12.5. The van der Waals surface area contributed by atoms with E-state index in [1.807, 2.05) is 0 Å². The molecule has 1 nitrogen and oxygen atoms in total. The van der Waals surface area contributed by atoms with E-state index in [1.54, 1.807) is 39.0 Å². The Balaban J connectivity index is 2.66. The molecule has 0 saturated carbocycles. The Morgan fingerprint density at radius 3 is 2.12 bits per heavy atom. The molecule has 17 heavy (non-hydrogen) atoms. The van der Waals surface area contributed by atoms with Gasteiger partial charge in [-0.2, -0.15) is 0 Å². The molecule has 0 atom stereocenters. The van der Waals surface area contributed by atoms with Crippen LogP contribution in [0.5, 0.6) is 0 Å². The second kappa shape index (κ2) is 4.94. The van der Waals surface area contributed by atoms with Crippen LogP contribution in [0.3, 0.4) is 0 Å². The topological polar surface area (TPSA) is 17.1 Å². The van der Waals surface area contributed by atoms with Crippen LogP contribution in [0.15, 0.2) is 30.3 Å². The lowest BCUT2D eigenvalue weighted by Gasteiger charge is -2.20. The van der Waals surface area contributed by atoms with Crippen LogP contribution in [0.4, 0.5) is 8.78 Å². The summed E-state index contributed by atoms with van der Waals surface area (Å²) >= 11 is 0. The molecule has 0 heterocycles. The minimum Gasteiger partial charge on any atom is -0.299 e. The molecule has 1 rings (SSSR count). The number of benzene rings is 1. The third-order valence-electron chi connectivity index (χ3n) is 2.70. The predicted octanol–water partition coefficient (Wildman–Crippen LogP) is 4.17. The van der Waals surface area contributed by atoms with Crippen LogP contribution in [-0.2, 0) is 10.7 Å². The zero-order chi connectivity index (χ0) is 13.1. The number of carbonyl (C=O) groups is 1. The van der Waals surface area contributed by atoms with E-state index in [0.717, 1.165) is 0 Å². The first-order valence-corrected chi connectivity index (χ1v) is 5.70. The molecule has 0 unspecified atom stereocenters. The van der Waals surface area contributed by atoms with Crippen LogP contribution in [0.1, 0.15) is 39.2 Å². The van der Waals surface area contributed by atoms with Crippen LogP contribution in [-0.4, -0.2) is 5.78 Å². The van der Waals surface area contributed by atoms with Crippen molar-refractivity contribution < 1.29 is 13.6 Å². The summed E-state index contributed by atoms with van der Waals surface area (Å²) in [6, 6.07) is 7.63. The van der Waals surface area contributed by atoms with Crippen molar-refractivity contribution in [2.75, 3.05) is 0 Å². The Bertz CT molecular complexity index is 377. The van der Waals surface area contributed by atoms with E-state index in [9.17, 15) is 13.6 Å². The number of rotatable bonds is 4. The van der Waals surface area contributed by atoms with Gasteiger partial charge in [0, 0.05) is 23.8 Å². The van der Waals surface area contributed by atoms with E-state index < -0.39 is 17.8 Å². The van der Waals surface area contributed by atoms with Crippen molar-refractivity contribution in [3.63, 3.8) is 0 Å². The second-order valence-corrected chi connectivity index (χ2v) is 5.24. The lowest BCUT2D eigenvalue weighted by atomic mass is 9.87. The highest BCUT2D eigenvalue weighted by Gasteiger charge is 2.33. The third kappa shape index (κ3) is 3.91. The Hall–Kier alpha value is -1.25. The summed E-state index contributed by atoms with van der Waals surface area (Å²) in [5.74, 6) is -3.06. The fraction of sp³-hybridized carbons (Fsp3) is 0.500. The number of Topliss-reactive ketones (excluding diaryl/α,β-unsaturated/α-hetero) is 1. The van der Waals surface area contributed by atoms with Gasteiger partial charge < -0.3 is 0 Å². The van der Waals surface area contributed by atoms with Crippen molar-refractivity contribution in [3.05, 3.63) is 35.9 Å². The van der Waals surface area contributed by atoms with Gasteiger partial charge in [0.25, 0.3) is 5.92 Å². The van der Waals surface area contributed by atoms with Crippen molar-refractivity contribution in [3.8, 4) is 0 Å². The average Bonchev–Trinajstić information content (AvgIpc) is 2.26. The van der Waals surface area contributed by atoms with Crippen molar-refractivity contribution in [1.82, 2.24) is 0 Å². The van der Waals surface area contributed by atoms with Gasteiger partial charge in [0.15, 0.2) is 0 Å². The minimum absolute atomic E-state index is 0.0262. The van der Waals surface area contributed by atoms with Gasteiger partial charge >= 0.3 is 0 Å². The lowest BCUT2D eigenvalue weighted by Crippen LogP contribution is -2.23. The zero-order valence-electron chi connectivity index (χ0n) is 10.5. The summed E-state index contributed by atoms with van der Waals surface area (Å²) in [6.07, 6.45) is -0.515. The summed E-state index contributed by atoms with van der Waals surface area (Å²) in [5, 5.41) is 0. The van der Waals surface area contributed by atoms with E-state index in [1.165, 1.54) is 12.1 Å². The molecule has 0 aliphatic heterocycles. The van der Waals surface area contributed by atoms with E-state index in [4.69, 9.17) is 0 Å². The third-order valence-corrected chi connectivity index (χ3v) is 2.70. The van der Waals surface area contributed by atoms with Gasteiger partial charge in [-0.25, -0.2) is 8.78 Å². The number of hydrogen-bond acceptors (Lipinski definition) is 1. The fourth-order valence-corrected chi connectivity index (χ4v) is 1.47. The number of halogens is 2. The van der Waals surface area contributed by atoms with Crippen molar-refractivity contribution in [1.29, 1.82) is 0 Å². The zero-order valence-corrected chi connectivity index (χ0v) is 10.5. The van der Waals surface area contributed by atoms with Gasteiger partial charge in [0.1, 0.15) is 5.78 Å². The molecular formula is C14H18F2O. The molecule has 0 saturated heterocycles. The Labute approximate surface area is 101 Å². The summed E-state index contributed by atoms with van der Waals surface area (Å²) in [5.41, 5.74) is -0.575. The summed E-state index contributed by atoms with van der Waals surface area (Å²) in [6.45, 7) is 5.24. The van der Waals surface area contributed by atoms with E-state index >= 15 is 0 Å². The quantitative estimate of drug-likeness (QED) is 0.771. The van der Waals surface area contributed by atoms with E-state index in [2.05, 4.69) is 0 Å². The highest BCUT2D eigenvalue weighted by Crippen LogP contribution is 2.34. The number of hydrogen-bond donors (Lipinski definition) is 0. The lowest BCUT2D eigenvalue weighted by molar-refractivity contribution is -0.128. The molecule has 0 amide bonds. The van der Waals surface area contributed by atoms with Gasteiger partial charge in [-0.1, -0.05) is 51.1 Å². The fourth-order valence-electron chi connectivity index (χ4n) is 1.47. The van der Waals surface area contributed by atoms with Crippen molar-refractivity contribution in [2.24, 2.45) is 5.41 Å². The number of carbonyl (C=O) groups excluding carboxylic acids is 1. The van der Waals surface area contributed by atoms with Crippen molar-refractivity contribution in [2.45, 2.75) is 39.5 Å². The first kappa shape index (κ1) is 13.8.